The van der Waals surface area contributed by atoms with Gasteiger partial charge in [-0.2, -0.15) is 0 Å². The van der Waals surface area contributed by atoms with E-state index in [1.807, 2.05) is 11.0 Å². The molecule has 2 fully saturated rings. The lowest BCUT2D eigenvalue weighted by atomic mass is 9.73. The molecular weight excluding hydrogens is 334 g/mol. The molecule has 3 heterocycles. The number of carbonyl (C=O) groups excluding carboxylic acids is 2. The maximum atomic E-state index is 12.2. The number of rotatable bonds is 5. The lowest BCUT2D eigenvalue weighted by Gasteiger charge is -2.48. The Kier molecular flexibility index (Phi) is 5.76. The van der Waals surface area contributed by atoms with Gasteiger partial charge in [0.05, 0.1) is 12.7 Å². The quantitative estimate of drug-likeness (QED) is 0.800. The minimum Gasteiger partial charge on any atom is -0.465 e. The van der Waals surface area contributed by atoms with Gasteiger partial charge in [-0.15, -0.1) is 0 Å². The third-order valence-electron chi connectivity index (χ3n) is 5.49. The predicted octanol–water partition coefficient (Wildman–Crippen LogP) is 1.46. The predicted molar refractivity (Wildman–Crippen MR) is 97.0 cm³/mol. The van der Waals surface area contributed by atoms with E-state index >= 15 is 0 Å². The molecule has 2 aliphatic rings. The zero-order valence-corrected chi connectivity index (χ0v) is 15.3. The topological polar surface area (TPSA) is 83.0 Å². The number of piperidine rings is 2. The number of nitrogens with zero attached hydrogens (tertiary/aromatic N) is 3. The third kappa shape index (κ3) is 3.98. The van der Waals surface area contributed by atoms with Gasteiger partial charge >= 0.3 is 5.97 Å². The molecule has 1 N–H and O–H groups in total. The molecule has 0 bridgehead atoms. The van der Waals surface area contributed by atoms with Crippen molar-refractivity contribution in [3.05, 3.63) is 23.9 Å². The van der Waals surface area contributed by atoms with E-state index in [9.17, 15) is 9.59 Å². The second-order valence-electron chi connectivity index (χ2n) is 7.31. The number of hydrogen-bond acceptors (Lipinski definition) is 6. The number of likely N-dealkylation sites (tertiary alicyclic amines) is 1. The molecule has 1 aromatic rings. The largest absolute Gasteiger partial charge is 0.465 e. The van der Waals surface area contributed by atoms with Gasteiger partial charge in [-0.05, 0) is 37.8 Å². The summed E-state index contributed by atoms with van der Waals surface area (Å²) in [6.45, 7) is 3.28. The van der Waals surface area contributed by atoms with Crippen LogP contribution < -0.4 is 4.90 Å². The third-order valence-corrected chi connectivity index (χ3v) is 5.49. The first-order chi connectivity index (χ1) is 12.6. The highest BCUT2D eigenvalue weighted by Crippen LogP contribution is 2.39. The van der Waals surface area contributed by atoms with Crippen molar-refractivity contribution in [3.8, 4) is 0 Å². The van der Waals surface area contributed by atoms with E-state index < -0.39 is 0 Å². The molecular formula is C19H27N3O4. The highest BCUT2D eigenvalue weighted by molar-refractivity contribution is 5.89. The first-order valence-electron chi connectivity index (χ1n) is 9.25. The van der Waals surface area contributed by atoms with Crippen LogP contribution in [-0.2, 0) is 9.53 Å². The molecule has 0 radical (unpaired) electrons. The second-order valence-corrected chi connectivity index (χ2v) is 7.31. The summed E-state index contributed by atoms with van der Waals surface area (Å²) in [5.41, 5.74) is 0.533. The van der Waals surface area contributed by atoms with Crippen LogP contribution in [0.4, 0.5) is 5.82 Å². The molecule has 142 valence electrons. The normalized spacial score (nSPS) is 23.4. The number of hydrogen-bond donors (Lipinski definition) is 1. The molecule has 1 amide bonds. The zero-order chi connectivity index (χ0) is 18.6. The van der Waals surface area contributed by atoms with Crippen molar-refractivity contribution >= 4 is 17.7 Å². The monoisotopic (exact) mass is 361 g/mol. The number of anilines is 1. The number of methoxy groups -OCH3 is 1. The van der Waals surface area contributed by atoms with Gasteiger partial charge in [-0.3, -0.25) is 4.79 Å². The summed E-state index contributed by atoms with van der Waals surface area (Å²) in [5.74, 6) is 0.668. The highest BCUT2D eigenvalue weighted by Gasteiger charge is 2.41. The average Bonchev–Trinajstić information content (AvgIpc) is 2.68. The summed E-state index contributed by atoms with van der Waals surface area (Å²) in [6, 6.07) is 3.61. The molecule has 1 unspecified atom stereocenters. The van der Waals surface area contributed by atoms with E-state index in [2.05, 4.69) is 9.88 Å². The number of ether oxygens (including phenoxy) is 1. The Bertz CT molecular complexity index is 649. The van der Waals surface area contributed by atoms with Crippen LogP contribution in [0.25, 0.3) is 0 Å². The number of aromatic nitrogens is 1. The van der Waals surface area contributed by atoms with E-state index in [1.165, 1.54) is 7.11 Å². The standard InChI is InChI=1S/C19H27N3O4/c1-26-18(25)15-4-5-16(20-12-15)21-9-2-7-19(13-21)8-6-17(24)22(14-19)10-3-11-23/h4-5,12,23H,2-3,6-11,13-14H2,1H3. The SMILES string of the molecule is COC(=O)c1ccc(N2CCCC3(CCC(=O)N(CCCO)C3)C2)nc1. The van der Waals surface area contributed by atoms with Crippen LogP contribution in [0.5, 0.6) is 0 Å². The van der Waals surface area contributed by atoms with Crippen LogP contribution in [0, 0.1) is 5.41 Å². The Labute approximate surface area is 153 Å². The molecule has 0 saturated carbocycles. The smallest absolute Gasteiger partial charge is 0.339 e. The second kappa shape index (κ2) is 8.03. The number of esters is 1. The molecule has 7 nitrogen and oxygen atoms in total. The molecule has 3 rings (SSSR count). The lowest BCUT2D eigenvalue weighted by molar-refractivity contribution is -0.138. The van der Waals surface area contributed by atoms with Gasteiger partial charge in [0, 0.05) is 50.8 Å². The van der Waals surface area contributed by atoms with E-state index in [-0.39, 0.29) is 23.9 Å². The molecule has 2 aliphatic heterocycles. The first kappa shape index (κ1) is 18.6. The Balaban J connectivity index is 1.70. The van der Waals surface area contributed by atoms with Crippen molar-refractivity contribution in [2.45, 2.75) is 32.1 Å². The van der Waals surface area contributed by atoms with E-state index in [0.29, 0.717) is 24.9 Å². The van der Waals surface area contributed by atoms with Crippen LogP contribution in [-0.4, -0.2) is 66.8 Å². The van der Waals surface area contributed by atoms with E-state index in [0.717, 1.165) is 44.7 Å². The molecule has 1 aromatic heterocycles. The molecule has 26 heavy (non-hydrogen) atoms. The van der Waals surface area contributed by atoms with E-state index in [4.69, 9.17) is 9.84 Å². The van der Waals surface area contributed by atoms with Crippen molar-refractivity contribution < 1.29 is 19.4 Å². The number of amides is 1. The van der Waals surface area contributed by atoms with Crippen molar-refractivity contribution in [3.63, 3.8) is 0 Å². The van der Waals surface area contributed by atoms with Gasteiger partial charge in [0.15, 0.2) is 0 Å². The average molecular weight is 361 g/mol. The van der Waals surface area contributed by atoms with Crippen molar-refractivity contribution in [2.75, 3.05) is 44.8 Å². The van der Waals surface area contributed by atoms with Gasteiger partial charge in [0.2, 0.25) is 5.91 Å². The van der Waals surface area contributed by atoms with Crippen LogP contribution >= 0.6 is 0 Å². The summed E-state index contributed by atoms with van der Waals surface area (Å²) in [4.78, 5) is 32.4. The number of aliphatic hydroxyl groups is 1. The number of pyridine rings is 1. The van der Waals surface area contributed by atoms with Crippen molar-refractivity contribution in [1.82, 2.24) is 9.88 Å². The van der Waals surface area contributed by atoms with Crippen LogP contribution in [0.15, 0.2) is 18.3 Å². The summed E-state index contributed by atoms with van der Waals surface area (Å²) < 4.78 is 4.72. The maximum Gasteiger partial charge on any atom is 0.339 e. The Hall–Kier alpha value is -2.15. The van der Waals surface area contributed by atoms with Gasteiger partial charge in [-0.25, -0.2) is 9.78 Å². The van der Waals surface area contributed by atoms with Crippen LogP contribution in [0.1, 0.15) is 42.5 Å². The fourth-order valence-electron chi connectivity index (χ4n) is 4.12. The van der Waals surface area contributed by atoms with Crippen molar-refractivity contribution in [2.24, 2.45) is 5.41 Å². The minimum absolute atomic E-state index is 0.0876. The lowest BCUT2D eigenvalue weighted by Crippen LogP contribution is -2.54. The number of aliphatic hydroxyl groups excluding tert-OH is 1. The summed E-state index contributed by atoms with van der Waals surface area (Å²) in [5, 5.41) is 9.07. The molecule has 0 aliphatic carbocycles. The Morgan fingerprint density at radius 3 is 2.88 bits per heavy atom. The molecule has 1 spiro atoms. The van der Waals surface area contributed by atoms with Crippen LogP contribution in [0.2, 0.25) is 0 Å². The molecule has 7 heteroatoms. The van der Waals surface area contributed by atoms with Gasteiger partial charge < -0.3 is 19.6 Å². The maximum absolute atomic E-state index is 12.2. The highest BCUT2D eigenvalue weighted by atomic mass is 16.5. The summed E-state index contributed by atoms with van der Waals surface area (Å²) in [6.07, 6.45) is 5.82. The van der Waals surface area contributed by atoms with E-state index in [1.54, 1.807) is 12.3 Å². The zero-order valence-electron chi connectivity index (χ0n) is 15.3. The fraction of sp³-hybridized carbons (Fsp3) is 0.632. The Morgan fingerprint density at radius 2 is 2.19 bits per heavy atom. The summed E-state index contributed by atoms with van der Waals surface area (Å²) >= 11 is 0. The fourth-order valence-corrected chi connectivity index (χ4v) is 4.12. The van der Waals surface area contributed by atoms with Crippen molar-refractivity contribution in [1.29, 1.82) is 0 Å². The summed E-state index contributed by atoms with van der Waals surface area (Å²) in [7, 11) is 1.36. The first-order valence-corrected chi connectivity index (χ1v) is 9.25. The molecule has 1 atom stereocenters. The molecule has 0 aromatic carbocycles. The van der Waals surface area contributed by atoms with Gasteiger partial charge in [-0.1, -0.05) is 0 Å². The van der Waals surface area contributed by atoms with Gasteiger partial charge in [0.1, 0.15) is 5.82 Å². The Morgan fingerprint density at radius 1 is 1.35 bits per heavy atom. The number of carbonyl (C=O) groups is 2. The van der Waals surface area contributed by atoms with Crippen LogP contribution in [0.3, 0.4) is 0 Å². The van der Waals surface area contributed by atoms with Gasteiger partial charge in [0.25, 0.3) is 0 Å². The molecule has 2 saturated heterocycles. The minimum atomic E-state index is -0.385.